The standard InChI is InChI=1S/C11H16F3NO2/c12-11(13,14)6-17-5-9(16)15-10(7-1-2-7)8-3-4-8/h7-8,10H,1-6H2,(H,15,16). The summed E-state index contributed by atoms with van der Waals surface area (Å²) < 4.78 is 39.7. The molecule has 3 nitrogen and oxygen atoms in total. The minimum atomic E-state index is -4.37. The Kier molecular flexibility index (Phi) is 3.61. The molecule has 0 unspecified atom stereocenters. The lowest BCUT2D eigenvalue weighted by Crippen LogP contribution is -2.40. The Balaban J connectivity index is 1.65. The van der Waals surface area contributed by atoms with E-state index in [1.165, 1.54) is 0 Å². The van der Waals surface area contributed by atoms with Crippen molar-refractivity contribution in [2.75, 3.05) is 13.2 Å². The number of carbonyl (C=O) groups excluding carboxylic acids is 1. The Morgan fingerprint density at radius 3 is 2.18 bits per heavy atom. The molecule has 1 amide bonds. The highest BCUT2D eigenvalue weighted by Gasteiger charge is 2.42. The summed E-state index contributed by atoms with van der Waals surface area (Å²) >= 11 is 0. The SMILES string of the molecule is O=C(COCC(F)(F)F)NC(C1CC1)C1CC1. The molecule has 0 heterocycles. The van der Waals surface area contributed by atoms with E-state index in [1.807, 2.05) is 0 Å². The molecule has 0 atom stereocenters. The topological polar surface area (TPSA) is 38.3 Å². The molecule has 0 radical (unpaired) electrons. The number of amides is 1. The second kappa shape index (κ2) is 4.84. The van der Waals surface area contributed by atoms with Gasteiger partial charge in [-0.1, -0.05) is 0 Å². The van der Waals surface area contributed by atoms with Gasteiger partial charge < -0.3 is 10.1 Å². The lowest BCUT2D eigenvalue weighted by Gasteiger charge is -2.17. The molecule has 1 N–H and O–H groups in total. The average molecular weight is 251 g/mol. The molecular formula is C11H16F3NO2. The second-order valence-electron chi connectivity index (χ2n) is 4.88. The summed E-state index contributed by atoms with van der Waals surface area (Å²) in [5.74, 6) is 0.640. The van der Waals surface area contributed by atoms with E-state index in [0.29, 0.717) is 11.8 Å². The fraction of sp³-hybridized carbons (Fsp3) is 0.909. The monoisotopic (exact) mass is 251 g/mol. The van der Waals surface area contributed by atoms with E-state index in [1.54, 1.807) is 0 Å². The van der Waals surface area contributed by atoms with Crippen molar-refractivity contribution in [3.8, 4) is 0 Å². The molecule has 98 valence electrons. The maximum Gasteiger partial charge on any atom is 0.411 e. The van der Waals surface area contributed by atoms with Crippen LogP contribution < -0.4 is 5.32 Å². The molecule has 0 aromatic heterocycles. The largest absolute Gasteiger partial charge is 0.411 e. The fourth-order valence-corrected chi connectivity index (χ4v) is 2.02. The van der Waals surface area contributed by atoms with Crippen LogP contribution in [0.25, 0.3) is 0 Å². The second-order valence-corrected chi connectivity index (χ2v) is 4.88. The first-order valence-electron chi connectivity index (χ1n) is 5.89. The Labute approximate surface area is 97.7 Å². The van der Waals surface area contributed by atoms with Crippen LogP contribution in [0.2, 0.25) is 0 Å². The van der Waals surface area contributed by atoms with Crippen LogP contribution in [-0.4, -0.2) is 31.3 Å². The van der Waals surface area contributed by atoms with Crippen molar-refractivity contribution in [2.45, 2.75) is 37.9 Å². The fourth-order valence-electron chi connectivity index (χ4n) is 2.02. The maximum atomic E-state index is 11.8. The predicted molar refractivity (Wildman–Crippen MR) is 54.3 cm³/mol. The Hall–Kier alpha value is -0.780. The van der Waals surface area contributed by atoms with Gasteiger partial charge in [0.25, 0.3) is 0 Å². The first kappa shape index (κ1) is 12.7. The van der Waals surface area contributed by atoms with Crippen LogP contribution in [0.1, 0.15) is 25.7 Å². The molecule has 6 heteroatoms. The van der Waals surface area contributed by atoms with Crippen LogP contribution in [0.15, 0.2) is 0 Å². The number of alkyl halides is 3. The van der Waals surface area contributed by atoms with Crippen molar-refractivity contribution in [3.63, 3.8) is 0 Å². The Morgan fingerprint density at radius 2 is 1.76 bits per heavy atom. The highest BCUT2D eigenvalue weighted by Crippen LogP contribution is 2.44. The maximum absolute atomic E-state index is 11.8. The van der Waals surface area contributed by atoms with Gasteiger partial charge in [0.15, 0.2) is 0 Å². The normalized spacial score (nSPS) is 20.7. The summed E-state index contributed by atoms with van der Waals surface area (Å²) in [6.45, 7) is -1.87. The van der Waals surface area contributed by atoms with Gasteiger partial charge in [0.2, 0.25) is 5.91 Å². The van der Waals surface area contributed by atoms with Crippen LogP contribution in [0.5, 0.6) is 0 Å². The van der Waals surface area contributed by atoms with E-state index in [4.69, 9.17) is 0 Å². The van der Waals surface area contributed by atoms with Crippen LogP contribution in [0, 0.1) is 11.8 Å². The van der Waals surface area contributed by atoms with Crippen molar-refractivity contribution in [3.05, 3.63) is 0 Å². The number of ether oxygens (including phenoxy) is 1. The summed E-state index contributed by atoms with van der Waals surface area (Å²) in [7, 11) is 0. The highest BCUT2D eigenvalue weighted by molar-refractivity contribution is 5.77. The molecule has 17 heavy (non-hydrogen) atoms. The number of halogens is 3. The third-order valence-corrected chi connectivity index (χ3v) is 3.09. The quantitative estimate of drug-likeness (QED) is 0.782. The smallest absolute Gasteiger partial charge is 0.362 e. The van der Waals surface area contributed by atoms with Crippen LogP contribution in [0.4, 0.5) is 13.2 Å². The molecule has 0 aromatic carbocycles. The van der Waals surface area contributed by atoms with Crippen molar-refractivity contribution in [1.82, 2.24) is 5.32 Å². The first-order valence-corrected chi connectivity index (χ1v) is 5.89. The van der Waals surface area contributed by atoms with Crippen molar-refractivity contribution >= 4 is 5.91 Å². The van der Waals surface area contributed by atoms with Gasteiger partial charge in [-0.2, -0.15) is 13.2 Å². The highest BCUT2D eigenvalue weighted by atomic mass is 19.4. The lowest BCUT2D eigenvalue weighted by atomic mass is 10.1. The zero-order valence-electron chi connectivity index (χ0n) is 9.43. The van der Waals surface area contributed by atoms with Crippen LogP contribution in [0.3, 0.4) is 0 Å². The summed E-state index contributed by atoms with van der Waals surface area (Å²) in [4.78, 5) is 11.4. The molecule has 2 rings (SSSR count). The van der Waals surface area contributed by atoms with E-state index in [2.05, 4.69) is 10.1 Å². The molecule has 0 aromatic rings. The van der Waals surface area contributed by atoms with Crippen LogP contribution in [-0.2, 0) is 9.53 Å². The summed E-state index contributed by atoms with van der Waals surface area (Å²) in [5, 5.41) is 2.80. The van der Waals surface area contributed by atoms with Gasteiger partial charge in [-0.05, 0) is 37.5 Å². The first-order chi connectivity index (χ1) is 7.96. The molecule has 0 bridgehead atoms. The zero-order valence-corrected chi connectivity index (χ0v) is 9.43. The van der Waals surface area contributed by atoms with Crippen molar-refractivity contribution in [1.29, 1.82) is 0 Å². The molecule has 2 saturated carbocycles. The number of hydrogen-bond donors (Lipinski definition) is 1. The minimum absolute atomic E-state index is 0.164. The van der Waals surface area contributed by atoms with E-state index in [-0.39, 0.29) is 6.04 Å². The summed E-state index contributed by atoms with van der Waals surface area (Å²) in [6, 6.07) is 0.164. The van der Waals surface area contributed by atoms with Gasteiger partial charge in [-0.25, -0.2) is 0 Å². The number of carbonyl (C=O) groups is 1. The van der Waals surface area contributed by atoms with E-state index < -0.39 is 25.3 Å². The average Bonchev–Trinajstić information content (AvgIpc) is 3.05. The number of hydrogen-bond acceptors (Lipinski definition) is 2. The van der Waals surface area contributed by atoms with E-state index in [9.17, 15) is 18.0 Å². The van der Waals surface area contributed by atoms with Crippen LogP contribution >= 0.6 is 0 Å². The molecule has 2 aliphatic rings. The van der Waals surface area contributed by atoms with Gasteiger partial charge in [0.05, 0.1) is 0 Å². The third-order valence-electron chi connectivity index (χ3n) is 3.09. The molecule has 2 fully saturated rings. The van der Waals surface area contributed by atoms with Gasteiger partial charge in [-0.15, -0.1) is 0 Å². The van der Waals surface area contributed by atoms with E-state index >= 15 is 0 Å². The molecule has 0 saturated heterocycles. The predicted octanol–water partition coefficient (Wildman–Crippen LogP) is 1.87. The minimum Gasteiger partial charge on any atom is -0.362 e. The molecular weight excluding hydrogens is 235 g/mol. The number of rotatable bonds is 6. The number of nitrogens with one attached hydrogen (secondary N) is 1. The van der Waals surface area contributed by atoms with Gasteiger partial charge >= 0.3 is 6.18 Å². The molecule has 0 spiro atoms. The zero-order chi connectivity index (χ0) is 12.5. The molecule has 2 aliphatic carbocycles. The summed E-state index contributed by atoms with van der Waals surface area (Å²) in [6.07, 6.45) is 0.0953. The third kappa shape index (κ3) is 4.53. The van der Waals surface area contributed by atoms with E-state index in [0.717, 1.165) is 25.7 Å². The lowest BCUT2D eigenvalue weighted by molar-refractivity contribution is -0.175. The van der Waals surface area contributed by atoms with Crippen molar-refractivity contribution in [2.24, 2.45) is 11.8 Å². The van der Waals surface area contributed by atoms with Gasteiger partial charge in [0.1, 0.15) is 13.2 Å². The Bertz CT molecular complexity index is 273. The Morgan fingerprint density at radius 1 is 1.24 bits per heavy atom. The summed E-state index contributed by atoms with van der Waals surface area (Å²) in [5.41, 5.74) is 0. The van der Waals surface area contributed by atoms with Gasteiger partial charge in [0, 0.05) is 6.04 Å². The molecule has 0 aliphatic heterocycles. The van der Waals surface area contributed by atoms with Crippen molar-refractivity contribution < 1.29 is 22.7 Å². The van der Waals surface area contributed by atoms with Gasteiger partial charge in [-0.3, -0.25) is 4.79 Å².